The van der Waals surface area contributed by atoms with E-state index in [1.807, 2.05) is 24.3 Å². The minimum absolute atomic E-state index is 0.0549. The first-order valence-corrected chi connectivity index (χ1v) is 12.2. The molecule has 0 saturated carbocycles. The molecule has 1 N–H and O–H groups in total. The van der Waals surface area contributed by atoms with Crippen molar-refractivity contribution in [1.82, 2.24) is 14.2 Å². The number of hydrogen-bond donors (Lipinski definition) is 1. The Morgan fingerprint density at radius 2 is 1.97 bits per heavy atom. The van der Waals surface area contributed by atoms with Crippen molar-refractivity contribution in [2.24, 2.45) is 0 Å². The van der Waals surface area contributed by atoms with E-state index >= 15 is 0 Å². The number of halogens is 1. The molecule has 0 fully saturated rings. The molecule has 32 heavy (non-hydrogen) atoms. The van der Waals surface area contributed by atoms with Crippen molar-refractivity contribution in [3.8, 4) is 0 Å². The van der Waals surface area contributed by atoms with Gasteiger partial charge in [-0.1, -0.05) is 36.7 Å². The molecule has 0 spiro atoms. The van der Waals surface area contributed by atoms with E-state index in [-0.39, 0.29) is 15.8 Å². The molecule has 2 heterocycles. The quantitative estimate of drug-likeness (QED) is 0.611. The molecule has 0 saturated heterocycles. The SMILES string of the molecule is CCN1CCc2nc3ccccc3c(C(=O)Nc3ccc(Cl)c(S(=O)(=O)N(C)C)c3)c2C1. The fraction of sp³-hybridized carbons (Fsp3) is 0.304. The summed E-state index contributed by atoms with van der Waals surface area (Å²) in [6, 6.07) is 12.1. The van der Waals surface area contributed by atoms with Crippen molar-refractivity contribution in [3.05, 3.63) is 64.3 Å². The first-order chi connectivity index (χ1) is 15.2. The Kier molecular flexibility index (Phi) is 6.22. The summed E-state index contributed by atoms with van der Waals surface area (Å²) in [5, 5.41) is 3.76. The van der Waals surface area contributed by atoms with E-state index in [1.165, 1.54) is 26.2 Å². The molecule has 0 unspecified atom stereocenters. The molecule has 1 aliphatic rings. The Bertz CT molecular complexity index is 1310. The number of para-hydroxylation sites is 1. The van der Waals surface area contributed by atoms with Crippen LogP contribution in [-0.2, 0) is 23.0 Å². The van der Waals surface area contributed by atoms with E-state index in [0.717, 1.165) is 46.0 Å². The Labute approximate surface area is 193 Å². The second kappa shape index (κ2) is 8.78. The predicted molar refractivity (Wildman–Crippen MR) is 127 cm³/mol. The number of hydrogen-bond acceptors (Lipinski definition) is 5. The van der Waals surface area contributed by atoms with Gasteiger partial charge in [0.1, 0.15) is 4.90 Å². The number of anilines is 1. The number of amides is 1. The van der Waals surface area contributed by atoms with Crippen LogP contribution in [0.2, 0.25) is 5.02 Å². The van der Waals surface area contributed by atoms with Crippen LogP contribution in [-0.4, -0.2) is 55.7 Å². The van der Waals surface area contributed by atoms with Gasteiger partial charge in [0, 0.05) is 55.9 Å². The molecule has 4 rings (SSSR count). The van der Waals surface area contributed by atoms with Crippen LogP contribution in [0.1, 0.15) is 28.5 Å². The Balaban J connectivity index is 1.79. The first-order valence-electron chi connectivity index (χ1n) is 10.4. The number of benzene rings is 2. The second-order valence-corrected chi connectivity index (χ2v) is 10.5. The lowest BCUT2D eigenvalue weighted by atomic mass is 9.95. The molecule has 0 bridgehead atoms. The highest BCUT2D eigenvalue weighted by Crippen LogP contribution is 2.30. The maximum absolute atomic E-state index is 13.5. The van der Waals surface area contributed by atoms with Crippen molar-refractivity contribution in [1.29, 1.82) is 0 Å². The lowest BCUT2D eigenvalue weighted by molar-refractivity contribution is 0.102. The van der Waals surface area contributed by atoms with E-state index in [1.54, 1.807) is 6.07 Å². The van der Waals surface area contributed by atoms with Crippen LogP contribution in [0.4, 0.5) is 5.69 Å². The molecule has 0 aliphatic carbocycles. The van der Waals surface area contributed by atoms with E-state index in [2.05, 4.69) is 17.1 Å². The van der Waals surface area contributed by atoms with Gasteiger partial charge in [-0.05, 0) is 30.8 Å². The molecular weight excluding hydrogens is 448 g/mol. The standard InChI is InChI=1S/C23H25ClN4O3S/c1-4-28-12-11-20-17(14-28)22(16-7-5-6-8-19(16)26-20)23(29)25-15-9-10-18(24)21(13-15)32(30,31)27(2)3/h5-10,13H,4,11-12,14H2,1-3H3,(H,25,29). The number of likely N-dealkylation sites (N-methyl/N-ethyl adjacent to an activating group) is 1. The van der Waals surface area contributed by atoms with Gasteiger partial charge in [0.15, 0.2) is 0 Å². The van der Waals surface area contributed by atoms with Gasteiger partial charge < -0.3 is 5.32 Å². The van der Waals surface area contributed by atoms with Crippen molar-refractivity contribution in [3.63, 3.8) is 0 Å². The zero-order valence-corrected chi connectivity index (χ0v) is 19.8. The van der Waals surface area contributed by atoms with Crippen LogP contribution in [0, 0.1) is 0 Å². The normalized spacial score (nSPS) is 14.5. The van der Waals surface area contributed by atoms with Gasteiger partial charge in [0.2, 0.25) is 10.0 Å². The largest absolute Gasteiger partial charge is 0.322 e. The monoisotopic (exact) mass is 472 g/mol. The van der Waals surface area contributed by atoms with Crippen molar-refractivity contribution in [2.45, 2.75) is 24.8 Å². The summed E-state index contributed by atoms with van der Waals surface area (Å²) >= 11 is 6.15. The molecule has 1 aliphatic heterocycles. The van der Waals surface area contributed by atoms with Crippen molar-refractivity contribution < 1.29 is 13.2 Å². The molecular formula is C23H25ClN4O3S. The number of aromatic nitrogens is 1. The molecule has 9 heteroatoms. The minimum atomic E-state index is -3.76. The molecule has 7 nitrogen and oxygen atoms in total. The van der Waals surface area contributed by atoms with Gasteiger partial charge >= 0.3 is 0 Å². The van der Waals surface area contributed by atoms with Gasteiger partial charge in [-0.25, -0.2) is 12.7 Å². The van der Waals surface area contributed by atoms with E-state index in [0.29, 0.717) is 17.8 Å². The van der Waals surface area contributed by atoms with Crippen LogP contribution in [0.25, 0.3) is 10.9 Å². The third-order valence-corrected chi connectivity index (χ3v) is 8.04. The van der Waals surface area contributed by atoms with Gasteiger partial charge in [-0.2, -0.15) is 0 Å². The summed E-state index contributed by atoms with van der Waals surface area (Å²) < 4.78 is 26.3. The van der Waals surface area contributed by atoms with Crippen LogP contribution in [0.5, 0.6) is 0 Å². The third-order valence-electron chi connectivity index (χ3n) is 5.75. The average molecular weight is 473 g/mol. The maximum atomic E-state index is 13.5. The van der Waals surface area contributed by atoms with Crippen LogP contribution in [0.15, 0.2) is 47.4 Å². The van der Waals surface area contributed by atoms with Gasteiger partial charge in [0.05, 0.1) is 16.1 Å². The Morgan fingerprint density at radius 1 is 1.22 bits per heavy atom. The average Bonchev–Trinajstić information content (AvgIpc) is 2.77. The van der Waals surface area contributed by atoms with Crippen LogP contribution in [0.3, 0.4) is 0 Å². The lowest BCUT2D eigenvalue weighted by Gasteiger charge is -2.29. The molecule has 0 atom stereocenters. The predicted octanol–water partition coefficient (Wildman–Crippen LogP) is 3.77. The first kappa shape index (κ1) is 22.7. The Morgan fingerprint density at radius 3 is 2.69 bits per heavy atom. The number of rotatable bonds is 5. The highest BCUT2D eigenvalue weighted by molar-refractivity contribution is 7.89. The molecule has 3 aromatic rings. The van der Waals surface area contributed by atoms with Gasteiger partial charge in [-0.15, -0.1) is 0 Å². The molecule has 1 aromatic heterocycles. The lowest BCUT2D eigenvalue weighted by Crippen LogP contribution is -2.33. The zero-order chi connectivity index (χ0) is 23.0. The molecule has 1 amide bonds. The maximum Gasteiger partial charge on any atom is 0.256 e. The number of nitrogens with one attached hydrogen (secondary N) is 1. The van der Waals surface area contributed by atoms with Crippen molar-refractivity contribution >= 4 is 44.1 Å². The molecule has 0 radical (unpaired) electrons. The number of fused-ring (bicyclic) bond motifs is 2. The number of pyridine rings is 1. The molecule has 168 valence electrons. The highest BCUT2D eigenvalue weighted by atomic mass is 35.5. The number of sulfonamides is 1. The number of carbonyl (C=O) groups excluding carboxylic acids is 1. The van der Waals surface area contributed by atoms with E-state index < -0.39 is 10.0 Å². The summed E-state index contributed by atoms with van der Waals surface area (Å²) in [7, 11) is -0.884. The van der Waals surface area contributed by atoms with E-state index in [9.17, 15) is 13.2 Å². The highest BCUT2D eigenvalue weighted by Gasteiger charge is 2.26. The summed E-state index contributed by atoms with van der Waals surface area (Å²) in [6.45, 7) is 4.53. The summed E-state index contributed by atoms with van der Waals surface area (Å²) in [5.41, 5.74) is 3.57. The molecule has 2 aromatic carbocycles. The van der Waals surface area contributed by atoms with Crippen LogP contribution >= 0.6 is 11.6 Å². The Hall–Kier alpha value is -2.52. The third kappa shape index (κ3) is 4.11. The zero-order valence-electron chi connectivity index (χ0n) is 18.2. The second-order valence-electron chi connectivity index (χ2n) is 7.93. The summed E-state index contributed by atoms with van der Waals surface area (Å²) in [5.74, 6) is -0.298. The number of carbonyl (C=O) groups is 1. The summed E-state index contributed by atoms with van der Waals surface area (Å²) in [6.07, 6.45) is 0.778. The minimum Gasteiger partial charge on any atom is -0.322 e. The smallest absolute Gasteiger partial charge is 0.256 e. The van der Waals surface area contributed by atoms with Crippen LogP contribution < -0.4 is 5.32 Å². The fourth-order valence-corrected chi connectivity index (χ4v) is 5.34. The summed E-state index contributed by atoms with van der Waals surface area (Å²) in [4.78, 5) is 20.6. The topological polar surface area (TPSA) is 82.6 Å². The number of nitrogens with zero attached hydrogens (tertiary/aromatic N) is 3. The van der Waals surface area contributed by atoms with Gasteiger partial charge in [-0.3, -0.25) is 14.7 Å². The van der Waals surface area contributed by atoms with E-state index in [4.69, 9.17) is 16.6 Å². The van der Waals surface area contributed by atoms with Gasteiger partial charge in [0.25, 0.3) is 5.91 Å². The van der Waals surface area contributed by atoms with Crippen molar-refractivity contribution in [2.75, 3.05) is 32.5 Å². The fourth-order valence-electron chi connectivity index (χ4n) is 3.94.